The molecule has 0 aliphatic carbocycles. The molecule has 1 aromatic rings. The number of likely N-dealkylation sites (tertiary alicyclic amines) is 1. The molecule has 0 unspecified atom stereocenters. The quantitative estimate of drug-likeness (QED) is 0.915. The van der Waals surface area contributed by atoms with E-state index in [1.165, 1.54) is 12.8 Å². The molecule has 6 heteroatoms. The van der Waals surface area contributed by atoms with E-state index in [0.29, 0.717) is 11.0 Å². The van der Waals surface area contributed by atoms with Gasteiger partial charge in [-0.1, -0.05) is 24.6 Å². The average molecular weight is 341 g/mol. The standard InChI is InChI=1S/C16H24N2O2S2/c1-21-14-8-5-6-10-18(11-14)16(19)17-15-9-4-3-7-13(15)12-22(2)20/h3-4,7,9,14H,5-6,8,10-12H2,1-2H3,(H,17,19)/t14-,22+/m1/s1. The van der Waals surface area contributed by atoms with E-state index < -0.39 is 10.8 Å². The van der Waals surface area contributed by atoms with Crippen molar-refractivity contribution in [1.82, 2.24) is 4.90 Å². The minimum absolute atomic E-state index is 0.0460. The van der Waals surface area contributed by atoms with E-state index in [9.17, 15) is 9.00 Å². The van der Waals surface area contributed by atoms with Gasteiger partial charge in [0.25, 0.3) is 0 Å². The minimum Gasteiger partial charge on any atom is -0.323 e. The fraction of sp³-hybridized carbons (Fsp3) is 0.562. The Morgan fingerprint density at radius 3 is 2.91 bits per heavy atom. The molecular weight excluding hydrogens is 316 g/mol. The number of para-hydroxylation sites is 1. The highest BCUT2D eigenvalue weighted by Gasteiger charge is 2.22. The molecule has 1 N–H and O–H groups in total. The van der Waals surface area contributed by atoms with Crippen LogP contribution in [-0.2, 0) is 16.6 Å². The van der Waals surface area contributed by atoms with Crippen molar-refractivity contribution >= 4 is 34.3 Å². The number of benzene rings is 1. The number of nitrogens with zero attached hydrogens (tertiary/aromatic N) is 1. The van der Waals surface area contributed by atoms with E-state index in [-0.39, 0.29) is 6.03 Å². The largest absolute Gasteiger partial charge is 0.323 e. The van der Waals surface area contributed by atoms with Gasteiger partial charge in [-0.2, -0.15) is 11.8 Å². The zero-order valence-electron chi connectivity index (χ0n) is 13.2. The summed E-state index contributed by atoms with van der Waals surface area (Å²) in [6.07, 6.45) is 7.20. The van der Waals surface area contributed by atoms with Gasteiger partial charge in [0.1, 0.15) is 0 Å². The number of urea groups is 1. The summed E-state index contributed by atoms with van der Waals surface area (Å²) in [4.78, 5) is 14.5. The second-order valence-corrected chi connectivity index (χ2v) is 8.18. The van der Waals surface area contributed by atoms with Crippen molar-refractivity contribution in [2.75, 3.05) is 30.9 Å². The van der Waals surface area contributed by atoms with Crippen LogP contribution in [0.2, 0.25) is 0 Å². The molecule has 0 saturated carbocycles. The first-order valence-corrected chi connectivity index (χ1v) is 10.6. The smallest absolute Gasteiger partial charge is 0.321 e. The molecule has 1 aliphatic rings. The maximum atomic E-state index is 12.5. The number of amides is 2. The molecule has 1 aromatic carbocycles. The van der Waals surface area contributed by atoms with Crippen LogP contribution in [0, 0.1) is 0 Å². The molecule has 2 atom stereocenters. The summed E-state index contributed by atoms with van der Waals surface area (Å²) in [5.74, 6) is 0.462. The summed E-state index contributed by atoms with van der Waals surface area (Å²) < 4.78 is 11.5. The van der Waals surface area contributed by atoms with E-state index in [1.54, 1.807) is 6.26 Å². The van der Waals surface area contributed by atoms with Gasteiger partial charge < -0.3 is 10.2 Å². The molecule has 2 amide bonds. The van der Waals surface area contributed by atoms with Gasteiger partial charge in [0.2, 0.25) is 0 Å². The first-order valence-electron chi connectivity index (χ1n) is 7.57. The third kappa shape index (κ3) is 5.02. The lowest BCUT2D eigenvalue weighted by molar-refractivity contribution is 0.214. The van der Waals surface area contributed by atoms with Crippen molar-refractivity contribution in [3.05, 3.63) is 29.8 Å². The Bertz CT molecular complexity index is 537. The molecule has 0 aromatic heterocycles. The van der Waals surface area contributed by atoms with Gasteiger partial charge >= 0.3 is 6.03 Å². The summed E-state index contributed by atoms with van der Waals surface area (Å²) in [6, 6.07) is 7.56. The molecule has 4 nitrogen and oxygen atoms in total. The van der Waals surface area contributed by atoms with E-state index in [2.05, 4.69) is 11.6 Å². The maximum Gasteiger partial charge on any atom is 0.321 e. The van der Waals surface area contributed by atoms with Gasteiger partial charge in [0, 0.05) is 41.1 Å². The monoisotopic (exact) mass is 340 g/mol. The fourth-order valence-electron chi connectivity index (χ4n) is 2.66. The summed E-state index contributed by atoms with van der Waals surface area (Å²) in [7, 11) is -0.925. The molecule has 1 aliphatic heterocycles. The van der Waals surface area contributed by atoms with Crippen molar-refractivity contribution < 1.29 is 9.00 Å². The number of hydrogen-bond acceptors (Lipinski definition) is 3. The van der Waals surface area contributed by atoms with E-state index >= 15 is 0 Å². The van der Waals surface area contributed by atoms with E-state index in [4.69, 9.17) is 0 Å². The zero-order valence-corrected chi connectivity index (χ0v) is 14.8. The average Bonchev–Trinajstić information content (AvgIpc) is 2.74. The molecule has 1 fully saturated rings. The highest BCUT2D eigenvalue weighted by Crippen LogP contribution is 2.22. The number of rotatable bonds is 4. The van der Waals surface area contributed by atoms with Gasteiger partial charge in [-0.15, -0.1) is 0 Å². The van der Waals surface area contributed by atoms with Crippen molar-refractivity contribution in [3.63, 3.8) is 0 Å². The number of anilines is 1. The van der Waals surface area contributed by atoms with Crippen LogP contribution in [0.15, 0.2) is 24.3 Å². The third-order valence-electron chi connectivity index (χ3n) is 3.87. The van der Waals surface area contributed by atoms with Crippen LogP contribution in [0.25, 0.3) is 0 Å². The number of thioether (sulfide) groups is 1. The van der Waals surface area contributed by atoms with Crippen molar-refractivity contribution in [1.29, 1.82) is 0 Å². The van der Waals surface area contributed by atoms with Crippen LogP contribution in [0.4, 0.5) is 10.5 Å². The fourth-order valence-corrected chi connectivity index (χ4v) is 4.08. The first kappa shape index (κ1) is 17.3. The Kier molecular flexibility index (Phi) is 6.76. The van der Waals surface area contributed by atoms with Gasteiger partial charge in [-0.3, -0.25) is 4.21 Å². The topological polar surface area (TPSA) is 49.4 Å². The Morgan fingerprint density at radius 2 is 2.18 bits per heavy atom. The Balaban J connectivity index is 2.06. The third-order valence-corrected chi connectivity index (χ3v) is 5.64. The SMILES string of the molecule is CS[C@@H]1CCCCN(C(=O)Nc2ccccc2C[S@](C)=O)C1. The Hall–Kier alpha value is -1.01. The van der Waals surface area contributed by atoms with Gasteiger partial charge in [-0.05, 0) is 30.7 Å². The van der Waals surface area contributed by atoms with Crippen molar-refractivity contribution in [3.8, 4) is 0 Å². The molecule has 122 valence electrons. The molecular formula is C16H24N2O2S2. The first-order chi connectivity index (χ1) is 10.6. The van der Waals surface area contributed by atoms with Crippen LogP contribution >= 0.6 is 11.8 Å². The summed E-state index contributed by atoms with van der Waals surface area (Å²) in [6.45, 7) is 1.61. The predicted molar refractivity (Wildman–Crippen MR) is 96.0 cm³/mol. The number of carbonyl (C=O) groups excluding carboxylic acids is 1. The molecule has 0 spiro atoms. The Labute approximate surface area is 139 Å². The van der Waals surface area contributed by atoms with Crippen molar-refractivity contribution in [2.24, 2.45) is 0 Å². The van der Waals surface area contributed by atoms with Crippen LogP contribution in [-0.4, -0.2) is 46.0 Å². The maximum absolute atomic E-state index is 12.5. The molecule has 1 saturated heterocycles. The van der Waals surface area contributed by atoms with Gasteiger partial charge in [0.15, 0.2) is 0 Å². The van der Waals surface area contributed by atoms with E-state index in [1.807, 2.05) is 40.9 Å². The molecule has 1 heterocycles. The van der Waals surface area contributed by atoms with Crippen LogP contribution < -0.4 is 5.32 Å². The zero-order chi connectivity index (χ0) is 15.9. The lowest BCUT2D eigenvalue weighted by Crippen LogP contribution is -2.38. The summed E-state index contributed by atoms with van der Waals surface area (Å²) in [5.41, 5.74) is 1.69. The summed E-state index contributed by atoms with van der Waals surface area (Å²) in [5, 5.41) is 3.52. The minimum atomic E-state index is -0.925. The van der Waals surface area contributed by atoms with Gasteiger partial charge in [0.05, 0.1) is 5.75 Å². The van der Waals surface area contributed by atoms with Crippen LogP contribution in [0.5, 0.6) is 0 Å². The Morgan fingerprint density at radius 1 is 1.41 bits per heavy atom. The second-order valence-electron chi connectivity index (χ2n) is 5.60. The van der Waals surface area contributed by atoms with E-state index in [0.717, 1.165) is 30.8 Å². The van der Waals surface area contributed by atoms with Crippen LogP contribution in [0.1, 0.15) is 24.8 Å². The molecule has 0 bridgehead atoms. The molecule has 22 heavy (non-hydrogen) atoms. The molecule has 2 rings (SSSR count). The number of nitrogens with one attached hydrogen (secondary N) is 1. The lowest BCUT2D eigenvalue weighted by Gasteiger charge is -2.24. The predicted octanol–water partition coefficient (Wildman–Crippen LogP) is 3.31. The normalized spacial score (nSPS) is 20.3. The summed E-state index contributed by atoms with van der Waals surface area (Å²) >= 11 is 1.84. The number of carbonyl (C=O) groups is 1. The second kappa shape index (κ2) is 8.58. The lowest BCUT2D eigenvalue weighted by atomic mass is 10.2. The number of hydrogen-bond donors (Lipinski definition) is 1. The van der Waals surface area contributed by atoms with Gasteiger partial charge in [-0.25, -0.2) is 4.79 Å². The molecule has 0 radical (unpaired) electrons. The highest BCUT2D eigenvalue weighted by molar-refractivity contribution is 7.99. The van der Waals surface area contributed by atoms with Crippen LogP contribution in [0.3, 0.4) is 0 Å². The van der Waals surface area contributed by atoms with Crippen molar-refractivity contribution in [2.45, 2.75) is 30.3 Å². The highest BCUT2D eigenvalue weighted by atomic mass is 32.2.